The number of nitrogens with zero attached hydrogens (tertiary/aromatic N) is 1. The maximum Gasteiger partial charge on any atom is 0.0540 e. The largest absolute Gasteiger partial charge is 0.309 e. The zero-order valence-electron chi connectivity index (χ0n) is 30.5. The Labute approximate surface area is 324 Å². The Balaban J connectivity index is 1.25. The molecule has 0 fully saturated rings. The number of para-hydroxylation sites is 2. The van der Waals surface area contributed by atoms with Crippen molar-refractivity contribution in [1.82, 2.24) is 0 Å². The molecule has 9 rings (SSSR count). The third-order valence-corrected chi connectivity index (χ3v) is 10.3. The van der Waals surface area contributed by atoms with Crippen molar-refractivity contribution in [1.29, 1.82) is 0 Å². The van der Waals surface area contributed by atoms with Gasteiger partial charge in [-0.3, -0.25) is 0 Å². The van der Waals surface area contributed by atoms with E-state index in [1.165, 1.54) is 50.1 Å². The minimum Gasteiger partial charge on any atom is -0.309 e. The maximum atomic E-state index is 2.45. The summed E-state index contributed by atoms with van der Waals surface area (Å²) in [5.41, 5.74) is 17.5. The number of hydrogen-bond acceptors (Lipinski definition) is 1. The van der Waals surface area contributed by atoms with Crippen LogP contribution in [-0.2, 0) is 0 Å². The first-order valence-electron chi connectivity index (χ1n) is 18.9. The minimum atomic E-state index is 1.09. The smallest absolute Gasteiger partial charge is 0.0540 e. The van der Waals surface area contributed by atoms with Crippen molar-refractivity contribution in [2.24, 2.45) is 0 Å². The quantitative estimate of drug-likeness (QED) is 0.145. The molecule has 0 amide bonds. The molecule has 1 heteroatoms. The fraction of sp³-hybridized carbons (Fsp3) is 0. The summed E-state index contributed by atoms with van der Waals surface area (Å²) in [6, 6.07) is 85.0. The van der Waals surface area contributed by atoms with E-state index in [1.807, 2.05) is 0 Å². The van der Waals surface area contributed by atoms with Gasteiger partial charge in [0.05, 0.1) is 11.4 Å². The number of anilines is 3. The van der Waals surface area contributed by atoms with Gasteiger partial charge < -0.3 is 4.90 Å². The molecule has 0 bridgehead atoms. The molecule has 0 radical (unpaired) electrons. The summed E-state index contributed by atoms with van der Waals surface area (Å²) in [5, 5.41) is 0. The van der Waals surface area contributed by atoms with E-state index in [2.05, 4.69) is 241 Å². The molecule has 0 saturated heterocycles. The molecule has 0 aliphatic carbocycles. The van der Waals surface area contributed by atoms with Crippen molar-refractivity contribution >= 4 is 17.1 Å². The van der Waals surface area contributed by atoms with Crippen LogP contribution in [0, 0.1) is 0 Å². The van der Waals surface area contributed by atoms with Gasteiger partial charge in [-0.2, -0.15) is 0 Å². The summed E-state index contributed by atoms with van der Waals surface area (Å²) in [6.45, 7) is 0. The summed E-state index contributed by atoms with van der Waals surface area (Å²) in [5.74, 6) is 0. The summed E-state index contributed by atoms with van der Waals surface area (Å²) in [4.78, 5) is 2.45. The monoisotopic (exact) mass is 701 g/mol. The average Bonchev–Trinajstić information content (AvgIpc) is 3.28. The molecule has 9 aromatic rings. The van der Waals surface area contributed by atoms with E-state index in [0.717, 1.165) is 33.8 Å². The van der Waals surface area contributed by atoms with E-state index in [4.69, 9.17) is 0 Å². The Bertz CT molecular complexity index is 2680. The minimum absolute atomic E-state index is 1.09. The van der Waals surface area contributed by atoms with E-state index in [0.29, 0.717) is 0 Å². The Morgan fingerprint density at radius 3 is 1.15 bits per heavy atom. The Morgan fingerprint density at radius 1 is 0.200 bits per heavy atom. The highest BCUT2D eigenvalue weighted by molar-refractivity contribution is 5.99. The van der Waals surface area contributed by atoms with E-state index < -0.39 is 0 Å². The first kappa shape index (κ1) is 33.6. The molecule has 0 aliphatic rings. The molecule has 9 aromatic carbocycles. The molecule has 0 atom stereocenters. The standard InChI is InChI=1S/C54H39N/c1-4-19-40(20-5-1)42-35-37-44(38-36-42)48-28-14-16-33-53(48)55(46-26-18-25-45(39-46)41-21-6-2-7-22-41)54-34-17-15-32-52(54)51-31-13-12-30-50(51)49-29-11-10-27-47(49)43-23-8-3-9-24-43/h1-39H. The summed E-state index contributed by atoms with van der Waals surface area (Å²) in [6.07, 6.45) is 0. The predicted octanol–water partition coefficient (Wildman–Crippen LogP) is 15.2. The van der Waals surface area contributed by atoms with Crippen LogP contribution in [0.15, 0.2) is 237 Å². The van der Waals surface area contributed by atoms with Crippen LogP contribution >= 0.6 is 0 Å². The molecule has 0 N–H and O–H groups in total. The number of rotatable bonds is 9. The van der Waals surface area contributed by atoms with Crippen LogP contribution in [0.4, 0.5) is 17.1 Å². The van der Waals surface area contributed by atoms with Crippen LogP contribution < -0.4 is 4.90 Å². The van der Waals surface area contributed by atoms with Gasteiger partial charge in [0.25, 0.3) is 0 Å². The van der Waals surface area contributed by atoms with Gasteiger partial charge in [-0.05, 0) is 79.9 Å². The van der Waals surface area contributed by atoms with Crippen LogP contribution in [0.25, 0.3) is 66.8 Å². The Hall–Kier alpha value is -7.22. The molecule has 0 heterocycles. The molecular weight excluding hydrogens is 663 g/mol. The van der Waals surface area contributed by atoms with Crippen molar-refractivity contribution in [3.05, 3.63) is 237 Å². The van der Waals surface area contributed by atoms with Crippen LogP contribution in [-0.4, -0.2) is 0 Å². The zero-order chi connectivity index (χ0) is 36.8. The van der Waals surface area contributed by atoms with Crippen LogP contribution in [0.3, 0.4) is 0 Å². The highest BCUT2D eigenvalue weighted by Gasteiger charge is 2.22. The van der Waals surface area contributed by atoms with Gasteiger partial charge in [-0.15, -0.1) is 0 Å². The van der Waals surface area contributed by atoms with Crippen molar-refractivity contribution in [3.8, 4) is 66.8 Å². The van der Waals surface area contributed by atoms with Gasteiger partial charge in [0, 0.05) is 16.8 Å². The molecule has 0 spiro atoms. The maximum absolute atomic E-state index is 2.45. The van der Waals surface area contributed by atoms with Crippen molar-refractivity contribution < 1.29 is 0 Å². The Kier molecular flexibility index (Phi) is 9.41. The second-order valence-corrected chi connectivity index (χ2v) is 13.7. The number of benzene rings is 9. The van der Waals surface area contributed by atoms with Gasteiger partial charge in [-0.1, -0.05) is 212 Å². The van der Waals surface area contributed by atoms with Crippen molar-refractivity contribution in [3.63, 3.8) is 0 Å². The molecule has 1 nitrogen and oxygen atoms in total. The number of hydrogen-bond donors (Lipinski definition) is 0. The highest BCUT2D eigenvalue weighted by atomic mass is 15.1. The molecule has 260 valence electrons. The van der Waals surface area contributed by atoms with Crippen molar-refractivity contribution in [2.45, 2.75) is 0 Å². The van der Waals surface area contributed by atoms with E-state index in [-0.39, 0.29) is 0 Å². The lowest BCUT2D eigenvalue weighted by Crippen LogP contribution is -2.12. The second kappa shape index (κ2) is 15.4. The normalized spacial score (nSPS) is 10.9. The summed E-state index contributed by atoms with van der Waals surface area (Å²) < 4.78 is 0. The van der Waals surface area contributed by atoms with Crippen LogP contribution in [0.2, 0.25) is 0 Å². The lowest BCUT2D eigenvalue weighted by atomic mass is 9.88. The first-order valence-corrected chi connectivity index (χ1v) is 18.9. The zero-order valence-corrected chi connectivity index (χ0v) is 30.5. The van der Waals surface area contributed by atoms with Gasteiger partial charge in [-0.25, -0.2) is 0 Å². The molecule has 0 saturated carbocycles. The lowest BCUT2D eigenvalue weighted by molar-refractivity contribution is 1.28. The third-order valence-electron chi connectivity index (χ3n) is 10.3. The van der Waals surface area contributed by atoms with E-state index in [1.54, 1.807) is 0 Å². The SMILES string of the molecule is c1ccc(-c2ccc(-c3ccccc3N(c3cccc(-c4ccccc4)c3)c3ccccc3-c3ccccc3-c3ccccc3-c3ccccc3)cc2)cc1. The Morgan fingerprint density at radius 2 is 0.545 bits per heavy atom. The van der Waals surface area contributed by atoms with Crippen LogP contribution in [0.1, 0.15) is 0 Å². The fourth-order valence-electron chi connectivity index (χ4n) is 7.69. The highest BCUT2D eigenvalue weighted by Crippen LogP contribution is 2.47. The first-order chi connectivity index (χ1) is 27.3. The second-order valence-electron chi connectivity index (χ2n) is 13.7. The fourth-order valence-corrected chi connectivity index (χ4v) is 7.69. The predicted molar refractivity (Wildman–Crippen MR) is 234 cm³/mol. The van der Waals surface area contributed by atoms with E-state index >= 15 is 0 Å². The van der Waals surface area contributed by atoms with E-state index in [9.17, 15) is 0 Å². The molecular formula is C54H39N. The van der Waals surface area contributed by atoms with Crippen molar-refractivity contribution in [2.75, 3.05) is 4.90 Å². The summed E-state index contributed by atoms with van der Waals surface area (Å²) >= 11 is 0. The van der Waals surface area contributed by atoms with Crippen LogP contribution in [0.5, 0.6) is 0 Å². The summed E-state index contributed by atoms with van der Waals surface area (Å²) in [7, 11) is 0. The van der Waals surface area contributed by atoms with Gasteiger partial charge in [0.15, 0.2) is 0 Å². The van der Waals surface area contributed by atoms with Gasteiger partial charge in [0.2, 0.25) is 0 Å². The lowest BCUT2D eigenvalue weighted by Gasteiger charge is -2.30. The van der Waals surface area contributed by atoms with Gasteiger partial charge in [0.1, 0.15) is 0 Å². The average molecular weight is 702 g/mol. The van der Waals surface area contributed by atoms with Gasteiger partial charge >= 0.3 is 0 Å². The molecule has 0 aliphatic heterocycles. The topological polar surface area (TPSA) is 3.24 Å². The third kappa shape index (κ3) is 6.88. The molecule has 0 unspecified atom stereocenters. The molecule has 0 aromatic heterocycles. The molecule has 55 heavy (non-hydrogen) atoms.